The minimum atomic E-state index is -4.75. The highest BCUT2D eigenvalue weighted by molar-refractivity contribution is 5.92. The molecule has 3 N–H and O–H groups in total. The first kappa shape index (κ1) is 15.6. The van der Waals surface area contributed by atoms with Crippen molar-refractivity contribution in [3.05, 3.63) is 36.2 Å². The number of nitrogens with zero attached hydrogens (tertiary/aromatic N) is 4. The van der Waals surface area contributed by atoms with E-state index in [4.69, 9.17) is 5.73 Å². The SMILES string of the molecule is Cn1nncc1CN=C(N)Nc1cccc(OC(F)(F)F)c1. The number of guanidine groups is 1. The van der Waals surface area contributed by atoms with Gasteiger partial charge in [-0.1, -0.05) is 11.3 Å². The molecule has 1 aromatic heterocycles. The fourth-order valence-corrected chi connectivity index (χ4v) is 1.58. The molecule has 0 aliphatic heterocycles. The van der Waals surface area contributed by atoms with E-state index >= 15 is 0 Å². The zero-order chi connectivity index (χ0) is 16.2. The second kappa shape index (κ2) is 6.33. The third-order valence-electron chi connectivity index (χ3n) is 2.56. The molecule has 0 saturated heterocycles. The average Bonchev–Trinajstić information content (AvgIpc) is 2.80. The third kappa shape index (κ3) is 4.65. The van der Waals surface area contributed by atoms with Gasteiger partial charge < -0.3 is 15.8 Å². The molecule has 0 atom stereocenters. The van der Waals surface area contributed by atoms with Crippen LogP contribution in [0.15, 0.2) is 35.5 Å². The number of nitrogens with two attached hydrogens (primary N) is 1. The summed E-state index contributed by atoms with van der Waals surface area (Å²) in [5.41, 5.74) is 6.74. The molecule has 2 rings (SSSR count). The van der Waals surface area contributed by atoms with E-state index in [1.165, 1.54) is 35.1 Å². The molecule has 0 aliphatic carbocycles. The van der Waals surface area contributed by atoms with E-state index in [9.17, 15) is 13.2 Å². The standard InChI is InChI=1S/C12H13F3N6O/c1-21-9(7-18-20-21)6-17-11(16)19-8-3-2-4-10(5-8)22-12(13,14)15/h2-5,7H,6H2,1H3,(H3,16,17,19). The maximum Gasteiger partial charge on any atom is 0.573 e. The van der Waals surface area contributed by atoms with E-state index in [1.807, 2.05) is 0 Å². The fraction of sp³-hybridized carbons (Fsp3) is 0.250. The van der Waals surface area contributed by atoms with Crippen LogP contribution >= 0.6 is 0 Å². The molecule has 0 saturated carbocycles. The van der Waals surface area contributed by atoms with Crippen molar-refractivity contribution in [1.29, 1.82) is 0 Å². The van der Waals surface area contributed by atoms with Crippen molar-refractivity contribution in [2.24, 2.45) is 17.8 Å². The summed E-state index contributed by atoms with van der Waals surface area (Å²) in [6.45, 7) is 0.237. The summed E-state index contributed by atoms with van der Waals surface area (Å²) < 4.78 is 41.8. The summed E-state index contributed by atoms with van der Waals surface area (Å²) in [4.78, 5) is 4.05. The van der Waals surface area contributed by atoms with Gasteiger partial charge in [0.1, 0.15) is 5.75 Å². The summed E-state index contributed by atoms with van der Waals surface area (Å²) in [7, 11) is 1.71. The Labute approximate surface area is 123 Å². The van der Waals surface area contributed by atoms with Crippen molar-refractivity contribution in [3.8, 4) is 5.75 Å². The average molecular weight is 314 g/mol. The van der Waals surface area contributed by atoms with Crippen LogP contribution in [-0.4, -0.2) is 27.3 Å². The zero-order valence-electron chi connectivity index (χ0n) is 11.5. The summed E-state index contributed by atoms with van der Waals surface area (Å²) in [5.74, 6) is -0.300. The number of aliphatic imine (C=N–C) groups is 1. The van der Waals surface area contributed by atoms with Gasteiger partial charge in [-0.25, -0.2) is 4.99 Å². The Morgan fingerprint density at radius 2 is 2.23 bits per heavy atom. The summed E-state index contributed by atoms with van der Waals surface area (Å²) in [5, 5.41) is 10.1. The Bertz CT molecular complexity index is 667. The molecule has 22 heavy (non-hydrogen) atoms. The Morgan fingerprint density at radius 1 is 1.45 bits per heavy atom. The van der Waals surface area contributed by atoms with Crippen LogP contribution in [0.3, 0.4) is 0 Å². The number of alkyl halides is 3. The molecule has 1 heterocycles. The smallest absolute Gasteiger partial charge is 0.406 e. The molecule has 0 aliphatic rings. The molecule has 0 radical (unpaired) electrons. The Kier molecular flexibility index (Phi) is 4.49. The number of aryl methyl sites for hydroxylation is 1. The second-order valence-corrected chi connectivity index (χ2v) is 4.25. The Hall–Kier alpha value is -2.78. The summed E-state index contributed by atoms with van der Waals surface area (Å²) in [6, 6.07) is 5.30. The lowest BCUT2D eigenvalue weighted by Crippen LogP contribution is -2.23. The molecule has 0 bridgehead atoms. The van der Waals surface area contributed by atoms with Gasteiger partial charge in [0.2, 0.25) is 0 Å². The third-order valence-corrected chi connectivity index (χ3v) is 2.56. The van der Waals surface area contributed by atoms with E-state index in [-0.39, 0.29) is 18.3 Å². The van der Waals surface area contributed by atoms with Crippen LogP contribution in [0.2, 0.25) is 0 Å². The van der Waals surface area contributed by atoms with Crippen LogP contribution < -0.4 is 15.8 Å². The predicted molar refractivity (Wildman–Crippen MR) is 73.1 cm³/mol. The predicted octanol–water partition coefficient (Wildman–Crippen LogP) is 1.64. The number of aromatic nitrogens is 3. The lowest BCUT2D eigenvalue weighted by atomic mass is 10.3. The van der Waals surface area contributed by atoms with Gasteiger partial charge in [0, 0.05) is 18.8 Å². The number of rotatable bonds is 4. The maximum atomic E-state index is 12.1. The molecule has 0 amide bonds. The van der Waals surface area contributed by atoms with Gasteiger partial charge in [-0.3, -0.25) is 4.68 Å². The van der Waals surface area contributed by atoms with E-state index in [2.05, 4.69) is 25.4 Å². The Balaban J connectivity index is 2.00. The highest BCUT2D eigenvalue weighted by Crippen LogP contribution is 2.24. The molecule has 7 nitrogen and oxygen atoms in total. The van der Waals surface area contributed by atoms with Gasteiger partial charge in [0.05, 0.1) is 18.4 Å². The monoisotopic (exact) mass is 314 g/mol. The number of hydrogen-bond acceptors (Lipinski definition) is 4. The van der Waals surface area contributed by atoms with Crippen LogP contribution in [-0.2, 0) is 13.6 Å². The first-order valence-corrected chi connectivity index (χ1v) is 6.10. The van der Waals surface area contributed by atoms with Crippen molar-refractivity contribution in [1.82, 2.24) is 15.0 Å². The molecule has 10 heteroatoms. The number of ether oxygens (including phenoxy) is 1. The van der Waals surface area contributed by atoms with Crippen LogP contribution in [0, 0.1) is 0 Å². The molecule has 0 unspecified atom stereocenters. The molecule has 2 aromatic rings. The van der Waals surface area contributed by atoms with E-state index in [0.717, 1.165) is 5.69 Å². The quantitative estimate of drug-likeness (QED) is 0.661. The minimum Gasteiger partial charge on any atom is -0.406 e. The van der Waals surface area contributed by atoms with Gasteiger partial charge in [0.25, 0.3) is 0 Å². The minimum absolute atomic E-state index is 0.0466. The topological polar surface area (TPSA) is 90.4 Å². The van der Waals surface area contributed by atoms with Crippen molar-refractivity contribution in [2.45, 2.75) is 12.9 Å². The Morgan fingerprint density at radius 3 is 2.86 bits per heavy atom. The van der Waals surface area contributed by atoms with Crippen molar-refractivity contribution in [2.75, 3.05) is 5.32 Å². The lowest BCUT2D eigenvalue weighted by Gasteiger charge is -2.11. The number of benzene rings is 1. The fourth-order valence-electron chi connectivity index (χ4n) is 1.58. The van der Waals surface area contributed by atoms with Crippen molar-refractivity contribution < 1.29 is 17.9 Å². The molecular formula is C12H13F3N6O. The first-order chi connectivity index (χ1) is 10.3. The van der Waals surface area contributed by atoms with Gasteiger partial charge in [-0.15, -0.1) is 18.3 Å². The van der Waals surface area contributed by atoms with Crippen molar-refractivity contribution >= 4 is 11.6 Å². The van der Waals surface area contributed by atoms with E-state index in [0.29, 0.717) is 5.69 Å². The highest BCUT2D eigenvalue weighted by Gasteiger charge is 2.31. The van der Waals surface area contributed by atoms with Crippen LogP contribution in [0.5, 0.6) is 5.75 Å². The van der Waals surface area contributed by atoms with Gasteiger partial charge >= 0.3 is 6.36 Å². The van der Waals surface area contributed by atoms with Gasteiger partial charge in [-0.05, 0) is 12.1 Å². The molecule has 1 aromatic carbocycles. The number of halogens is 3. The summed E-state index contributed by atoms with van der Waals surface area (Å²) >= 11 is 0. The first-order valence-electron chi connectivity index (χ1n) is 6.10. The molecule has 0 fully saturated rings. The number of anilines is 1. The zero-order valence-corrected chi connectivity index (χ0v) is 11.5. The molecule has 0 spiro atoms. The molecule has 118 valence electrons. The second-order valence-electron chi connectivity index (χ2n) is 4.25. The van der Waals surface area contributed by atoms with Gasteiger partial charge in [-0.2, -0.15) is 0 Å². The van der Waals surface area contributed by atoms with E-state index < -0.39 is 6.36 Å². The van der Waals surface area contributed by atoms with Crippen molar-refractivity contribution in [3.63, 3.8) is 0 Å². The maximum absolute atomic E-state index is 12.1. The number of nitrogens with one attached hydrogen (secondary N) is 1. The summed E-state index contributed by atoms with van der Waals surface area (Å²) in [6.07, 6.45) is -3.21. The lowest BCUT2D eigenvalue weighted by molar-refractivity contribution is -0.274. The van der Waals surface area contributed by atoms with Crippen LogP contribution in [0.1, 0.15) is 5.69 Å². The van der Waals surface area contributed by atoms with Crippen LogP contribution in [0.25, 0.3) is 0 Å². The highest BCUT2D eigenvalue weighted by atomic mass is 19.4. The normalized spacial score (nSPS) is 12.3. The van der Waals surface area contributed by atoms with Crippen LogP contribution in [0.4, 0.5) is 18.9 Å². The largest absolute Gasteiger partial charge is 0.573 e. The number of hydrogen-bond donors (Lipinski definition) is 2. The van der Waals surface area contributed by atoms with Gasteiger partial charge in [0.15, 0.2) is 5.96 Å². The van der Waals surface area contributed by atoms with E-state index in [1.54, 1.807) is 7.05 Å². The molecular weight excluding hydrogens is 301 g/mol.